The van der Waals surface area contributed by atoms with E-state index in [4.69, 9.17) is 4.42 Å². The van der Waals surface area contributed by atoms with E-state index in [-0.39, 0.29) is 22.8 Å². The average molecular weight is 266 g/mol. The number of hydrogen-bond donors (Lipinski definition) is 1. The first kappa shape index (κ1) is 12.7. The van der Waals surface area contributed by atoms with Gasteiger partial charge in [0, 0.05) is 4.90 Å². The number of aromatic hydroxyl groups is 1. The minimum atomic E-state index is -0.541. The maximum atomic E-state index is 13.0. The third-order valence-electron chi connectivity index (χ3n) is 2.43. The molecule has 0 aliphatic rings. The zero-order valence-electron chi connectivity index (χ0n) is 9.64. The van der Waals surface area contributed by atoms with Crippen LogP contribution in [-0.4, -0.2) is 16.6 Å². The fourth-order valence-electron chi connectivity index (χ4n) is 1.48. The number of furan rings is 1. The van der Waals surface area contributed by atoms with Crippen LogP contribution in [-0.2, 0) is 0 Å². The molecule has 0 amide bonds. The number of carbonyl (C=O) groups is 1. The maximum absolute atomic E-state index is 13.0. The predicted octanol–water partition coefficient (Wildman–Crippen LogP) is 3.41. The summed E-state index contributed by atoms with van der Waals surface area (Å²) in [6, 6.07) is 5.09. The summed E-state index contributed by atoms with van der Waals surface area (Å²) in [6.45, 7) is 1.80. The highest BCUT2D eigenvalue weighted by Crippen LogP contribution is 2.26. The Morgan fingerprint density at radius 1 is 1.44 bits per heavy atom. The number of aryl methyl sites for hydroxylation is 1. The lowest BCUT2D eigenvalue weighted by molar-refractivity contribution is 0.101. The van der Waals surface area contributed by atoms with Gasteiger partial charge in [0.25, 0.3) is 0 Å². The van der Waals surface area contributed by atoms with E-state index in [0.29, 0.717) is 0 Å². The Morgan fingerprint density at radius 3 is 2.89 bits per heavy atom. The first-order valence-electron chi connectivity index (χ1n) is 5.26. The monoisotopic (exact) mass is 266 g/mol. The Hall–Kier alpha value is -1.75. The van der Waals surface area contributed by atoms with Gasteiger partial charge in [-0.25, -0.2) is 4.39 Å². The summed E-state index contributed by atoms with van der Waals surface area (Å²) in [5.74, 6) is -0.211. The van der Waals surface area contributed by atoms with Crippen molar-refractivity contribution in [3.8, 4) is 5.75 Å². The number of carbonyl (C=O) groups excluding carboxylic acids is 1. The topological polar surface area (TPSA) is 50.4 Å². The van der Waals surface area contributed by atoms with E-state index in [0.717, 1.165) is 22.8 Å². The molecule has 1 heterocycles. The maximum Gasteiger partial charge on any atom is 0.176 e. The summed E-state index contributed by atoms with van der Waals surface area (Å²) >= 11 is 1.29. The predicted molar refractivity (Wildman–Crippen MR) is 66.6 cm³/mol. The zero-order valence-corrected chi connectivity index (χ0v) is 10.5. The number of phenolic OH excluding ortho intramolecular Hbond substituents is 1. The molecule has 0 bridgehead atoms. The zero-order chi connectivity index (χ0) is 13.1. The van der Waals surface area contributed by atoms with Crippen molar-refractivity contribution in [3.05, 3.63) is 47.7 Å². The number of halogens is 1. The Bertz CT molecular complexity index is 577. The molecule has 0 saturated heterocycles. The van der Waals surface area contributed by atoms with Crippen molar-refractivity contribution in [2.75, 3.05) is 5.75 Å². The number of hydrogen-bond acceptors (Lipinski definition) is 4. The summed E-state index contributed by atoms with van der Waals surface area (Å²) in [5.41, 5.74) is 0.00338. The smallest absolute Gasteiger partial charge is 0.176 e. The molecule has 0 atom stereocenters. The van der Waals surface area contributed by atoms with Crippen molar-refractivity contribution < 1.29 is 18.7 Å². The third kappa shape index (κ3) is 2.73. The van der Waals surface area contributed by atoms with Gasteiger partial charge in [0.2, 0.25) is 0 Å². The highest BCUT2D eigenvalue weighted by atomic mass is 32.2. The molecule has 18 heavy (non-hydrogen) atoms. The van der Waals surface area contributed by atoms with E-state index in [2.05, 4.69) is 0 Å². The molecule has 2 rings (SSSR count). The van der Waals surface area contributed by atoms with Crippen LogP contribution < -0.4 is 0 Å². The molecule has 0 aliphatic heterocycles. The lowest BCUT2D eigenvalue weighted by Crippen LogP contribution is -2.03. The van der Waals surface area contributed by atoms with Crippen LogP contribution in [0.5, 0.6) is 5.75 Å². The summed E-state index contributed by atoms with van der Waals surface area (Å²) in [7, 11) is 0. The van der Waals surface area contributed by atoms with E-state index in [1.54, 1.807) is 19.3 Å². The molecule has 0 fully saturated rings. The van der Waals surface area contributed by atoms with Crippen molar-refractivity contribution in [1.29, 1.82) is 0 Å². The van der Waals surface area contributed by atoms with Gasteiger partial charge < -0.3 is 9.52 Å². The molecule has 0 spiro atoms. The summed E-state index contributed by atoms with van der Waals surface area (Å²) in [4.78, 5) is 12.7. The van der Waals surface area contributed by atoms with Crippen molar-refractivity contribution in [2.45, 2.75) is 11.8 Å². The molecule has 94 valence electrons. The molecule has 5 heteroatoms. The molecule has 1 N–H and O–H groups in total. The number of rotatable bonds is 4. The van der Waals surface area contributed by atoms with Gasteiger partial charge in [-0.3, -0.25) is 4.79 Å². The third-order valence-corrected chi connectivity index (χ3v) is 3.57. The first-order valence-corrected chi connectivity index (χ1v) is 6.25. The average Bonchev–Trinajstić information content (AvgIpc) is 2.75. The molecule has 0 radical (unpaired) electrons. The number of ketones is 1. The number of phenols is 1. The summed E-state index contributed by atoms with van der Waals surface area (Å²) < 4.78 is 18.1. The highest BCUT2D eigenvalue weighted by Gasteiger charge is 2.13. The molecule has 0 saturated carbocycles. The van der Waals surface area contributed by atoms with Crippen LogP contribution in [0.2, 0.25) is 0 Å². The van der Waals surface area contributed by atoms with Gasteiger partial charge in [0.05, 0.1) is 17.6 Å². The Balaban J connectivity index is 2.08. The molecule has 1 aromatic carbocycles. The van der Waals surface area contributed by atoms with Crippen LogP contribution in [0.3, 0.4) is 0 Å². The van der Waals surface area contributed by atoms with Gasteiger partial charge in [-0.05, 0) is 31.2 Å². The quantitative estimate of drug-likeness (QED) is 0.680. The number of thioether (sulfide) groups is 1. The van der Waals surface area contributed by atoms with Gasteiger partial charge in [-0.1, -0.05) is 0 Å². The molecule has 2 aromatic rings. The van der Waals surface area contributed by atoms with E-state index in [1.807, 2.05) is 0 Å². The van der Waals surface area contributed by atoms with E-state index in [1.165, 1.54) is 17.8 Å². The van der Waals surface area contributed by atoms with Gasteiger partial charge in [-0.2, -0.15) is 0 Å². The Morgan fingerprint density at radius 2 is 2.22 bits per heavy atom. The van der Waals surface area contributed by atoms with Gasteiger partial charge in [-0.15, -0.1) is 11.8 Å². The molecule has 3 nitrogen and oxygen atoms in total. The van der Waals surface area contributed by atoms with Crippen LogP contribution >= 0.6 is 11.8 Å². The molecule has 0 unspecified atom stereocenters. The molecule has 0 aliphatic carbocycles. The van der Waals surface area contributed by atoms with Crippen LogP contribution in [0.15, 0.2) is 39.8 Å². The van der Waals surface area contributed by atoms with Gasteiger partial charge >= 0.3 is 0 Å². The highest BCUT2D eigenvalue weighted by molar-refractivity contribution is 8.00. The van der Waals surface area contributed by atoms with E-state index < -0.39 is 5.82 Å². The Kier molecular flexibility index (Phi) is 3.72. The van der Waals surface area contributed by atoms with Crippen molar-refractivity contribution in [2.24, 2.45) is 0 Å². The van der Waals surface area contributed by atoms with Gasteiger partial charge in [0.1, 0.15) is 17.3 Å². The normalized spacial score (nSPS) is 10.6. The summed E-state index contributed by atoms with van der Waals surface area (Å²) in [6.07, 6.45) is 1.54. The molecular weight excluding hydrogens is 255 g/mol. The van der Waals surface area contributed by atoms with Crippen LogP contribution in [0.4, 0.5) is 4.39 Å². The van der Waals surface area contributed by atoms with Crippen molar-refractivity contribution >= 4 is 17.5 Å². The Labute approximate surface area is 108 Å². The van der Waals surface area contributed by atoms with E-state index in [9.17, 15) is 14.3 Å². The van der Waals surface area contributed by atoms with E-state index >= 15 is 0 Å². The lowest BCUT2D eigenvalue weighted by Gasteiger charge is -2.03. The standard InChI is InChI=1S/C13H11FO3S/c1-8-13(4-5-17-8)18-7-12(16)10-6-9(14)2-3-11(10)15/h2-6,15H,7H2,1H3. The van der Waals surface area contributed by atoms with Crippen LogP contribution in [0, 0.1) is 12.7 Å². The second-order valence-electron chi connectivity index (χ2n) is 3.71. The molecule has 1 aromatic heterocycles. The largest absolute Gasteiger partial charge is 0.507 e. The minimum absolute atomic E-state index is 0.00338. The lowest BCUT2D eigenvalue weighted by atomic mass is 10.1. The minimum Gasteiger partial charge on any atom is -0.507 e. The fourth-order valence-corrected chi connectivity index (χ4v) is 2.32. The van der Waals surface area contributed by atoms with Crippen molar-refractivity contribution in [1.82, 2.24) is 0 Å². The van der Waals surface area contributed by atoms with Crippen molar-refractivity contribution in [3.63, 3.8) is 0 Å². The fraction of sp³-hybridized carbons (Fsp3) is 0.154. The number of benzene rings is 1. The van der Waals surface area contributed by atoms with Gasteiger partial charge in [0.15, 0.2) is 5.78 Å². The second-order valence-corrected chi connectivity index (χ2v) is 4.73. The second kappa shape index (κ2) is 5.27. The number of Topliss-reactive ketones (excluding diaryl/α,β-unsaturated/α-hetero) is 1. The first-order chi connectivity index (χ1) is 8.58. The molecular formula is C13H11FO3S. The van der Waals surface area contributed by atoms with Crippen LogP contribution in [0.1, 0.15) is 16.1 Å². The SMILES string of the molecule is Cc1occc1SCC(=O)c1cc(F)ccc1O. The summed E-state index contributed by atoms with van der Waals surface area (Å²) in [5, 5.41) is 9.50. The van der Waals surface area contributed by atoms with Crippen LogP contribution in [0.25, 0.3) is 0 Å².